The predicted octanol–water partition coefficient (Wildman–Crippen LogP) is 2.43. The van der Waals surface area contributed by atoms with Gasteiger partial charge < -0.3 is 14.5 Å². The molecular weight excluding hydrogens is 323 g/mol. The smallest absolute Gasteiger partial charge is 0.257 e. The lowest BCUT2D eigenvalue weighted by Gasteiger charge is -2.35. The molecule has 130 valence electrons. The van der Waals surface area contributed by atoms with E-state index in [1.54, 1.807) is 46.2 Å². The number of methoxy groups -OCH3 is 1. The topological polar surface area (TPSA) is 49.9 Å². The van der Waals surface area contributed by atoms with Gasteiger partial charge >= 0.3 is 0 Å². The van der Waals surface area contributed by atoms with E-state index in [1.165, 1.54) is 19.2 Å². The summed E-state index contributed by atoms with van der Waals surface area (Å²) in [5.74, 6) is -0.477. The van der Waals surface area contributed by atoms with Crippen LogP contribution in [0.5, 0.6) is 5.75 Å². The molecule has 1 fully saturated rings. The van der Waals surface area contributed by atoms with E-state index in [1.807, 2.05) is 0 Å². The van der Waals surface area contributed by atoms with Crippen LogP contribution in [0.15, 0.2) is 48.5 Å². The summed E-state index contributed by atoms with van der Waals surface area (Å²) >= 11 is 0. The minimum atomic E-state index is -0.528. The molecule has 6 heteroatoms. The number of rotatable bonds is 3. The Hall–Kier alpha value is -2.89. The summed E-state index contributed by atoms with van der Waals surface area (Å²) in [6, 6.07) is 13.0. The van der Waals surface area contributed by atoms with Crippen LogP contribution in [-0.4, -0.2) is 54.9 Å². The van der Waals surface area contributed by atoms with Crippen LogP contribution in [0.1, 0.15) is 20.7 Å². The summed E-state index contributed by atoms with van der Waals surface area (Å²) < 4.78 is 19.0. The zero-order valence-electron chi connectivity index (χ0n) is 13.9. The number of benzene rings is 2. The van der Waals surface area contributed by atoms with Crippen LogP contribution in [0.4, 0.5) is 4.39 Å². The van der Waals surface area contributed by atoms with Crippen molar-refractivity contribution in [1.29, 1.82) is 0 Å². The van der Waals surface area contributed by atoms with Crippen molar-refractivity contribution in [1.82, 2.24) is 9.80 Å². The first-order valence-corrected chi connectivity index (χ1v) is 8.08. The Morgan fingerprint density at radius 3 is 1.88 bits per heavy atom. The number of piperazine rings is 1. The van der Waals surface area contributed by atoms with Crippen molar-refractivity contribution < 1.29 is 18.7 Å². The van der Waals surface area contributed by atoms with Crippen molar-refractivity contribution >= 4 is 11.8 Å². The predicted molar refractivity (Wildman–Crippen MR) is 91.2 cm³/mol. The average molecular weight is 342 g/mol. The molecule has 3 rings (SSSR count). The molecule has 2 amide bonds. The summed E-state index contributed by atoms with van der Waals surface area (Å²) in [7, 11) is 1.52. The zero-order valence-corrected chi connectivity index (χ0v) is 13.9. The van der Waals surface area contributed by atoms with Gasteiger partial charge in [-0.15, -0.1) is 0 Å². The molecular formula is C19H19FN2O3. The van der Waals surface area contributed by atoms with Gasteiger partial charge in [0.2, 0.25) is 0 Å². The van der Waals surface area contributed by atoms with Crippen LogP contribution < -0.4 is 4.74 Å². The molecule has 0 aromatic heterocycles. The van der Waals surface area contributed by atoms with Crippen LogP contribution in [-0.2, 0) is 0 Å². The second-order valence-corrected chi connectivity index (χ2v) is 5.76. The van der Waals surface area contributed by atoms with Gasteiger partial charge in [0.25, 0.3) is 11.8 Å². The number of ether oxygens (including phenoxy) is 1. The normalized spacial score (nSPS) is 14.3. The molecule has 0 saturated carbocycles. The lowest BCUT2D eigenvalue weighted by atomic mass is 10.1. The van der Waals surface area contributed by atoms with Crippen LogP contribution >= 0.6 is 0 Å². The van der Waals surface area contributed by atoms with E-state index < -0.39 is 5.82 Å². The first-order valence-electron chi connectivity index (χ1n) is 8.08. The van der Waals surface area contributed by atoms with E-state index >= 15 is 0 Å². The highest BCUT2D eigenvalue weighted by Gasteiger charge is 2.27. The van der Waals surface area contributed by atoms with Gasteiger partial charge in [-0.2, -0.15) is 0 Å². The van der Waals surface area contributed by atoms with Gasteiger partial charge in [0.15, 0.2) is 0 Å². The molecule has 1 aliphatic heterocycles. The van der Waals surface area contributed by atoms with E-state index in [-0.39, 0.29) is 17.4 Å². The van der Waals surface area contributed by atoms with Gasteiger partial charge in [0.1, 0.15) is 11.6 Å². The molecule has 0 N–H and O–H groups in total. The quantitative estimate of drug-likeness (QED) is 0.861. The zero-order chi connectivity index (χ0) is 17.8. The van der Waals surface area contributed by atoms with Crippen molar-refractivity contribution in [3.05, 3.63) is 65.5 Å². The molecule has 0 aliphatic carbocycles. The van der Waals surface area contributed by atoms with E-state index in [0.717, 1.165) is 0 Å². The standard InChI is InChI=1S/C19H19FN2O3/c1-25-17-9-5-3-7-15(17)19(24)22-12-10-21(11-13-22)18(23)14-6-2-4-8-16(14)20/h2-9H,10-13H2,1H3. The lowest BCUT2D eigenvalue weighted by Crippen LogP contribution is -2.50. The summed E-state index contributed by atoms with van der Waals surface area (Å²) in [4.78, 5) is 28.3. The van der Waals surface area contributed by atoms with E-state index in [0.29, 0.717) is 37.5 Å². The highest BCUT2D eigenvalue weighted by Crippen LogP contribution is 2.20. The number of hydrogen-bond acceptors (Lipinski definition) is 3. The molecule has 1 aliphatic rings. The fourth-order valence-electron chi connectivity index (χ4n) is 2.91. The largest absolute Gasteiger partial charge is 0.496 e. The van der Waals surface area contributed by atoms with Crippen LogP contribution in [0.25, 0.3) is 0 Å². The minimum Gasteiger partial charge on any atom is -0.496 e. The van der Waals surface area contributed by atoms with Crippen LogP contribution in [0.2, 0.25) is 0 Å². The summed E-state index contributed by atoms with van der Waals surface area (Å²) in [6.45, 7) is 1.54. The number of hydrogen-bond donors (Lipinski definition) is 0. The van der Waals surface area contributed by atoms with Crippen LogP contribution in [0, 0.1) is 5.82 Å². The average Bonchev–Trinajstić information content (AvgIpc) is 2.67. The van der Waals surface area contributed by atoms with Gasteiger partial charge in [-0.1, -0.05) is 24.3 Å². The molecule has 0 spiro atoms. The Morgan fingerprint density at radius 1 is 0.840 bits per heavy atom. The maximum Gasteiger partial charge on any atom is 0.257 e. The number of amides is 2. The Balaban J connectivity index is 1.67. The summed E-state index contributed by atoms with van der Waals surface area (Å²) in [5.41, 5.74) is 0.561. The third-order valence-electron chi connectivity index (χ3n) is 4.30. The second kappa shape index (κ2) is 7.34. The molecule has 2 aromatic rings. The van der Waals surface area contributed by atoms with Crippen molar-refractivity contribution in [3.8, 4) is 5.75 Å². The third-order valence-corrected chi connectivity index (χ3v) is 4.30. The lowest BCUT2D eigenvalue weighted by molar-refractivity contribution is 0.0531. The van der Waals surface area contributed by atoms with E-state index in [4.69, 9.17) is 4.74 Å². The van der Waals surface area contributed by atoms with E-state index in [9.17, 15) is 14.0 Å². The summed E-state index contributed by atoms with van der Waals surface area (Å²) in [5, 5.41) is 0. The molecule has 0 atom stereocenters. The maximum atomic E-state index is 13.8. The first-order chi connectivity index (χ1) is 12.1. The molecule has 2 aromatic carbocycles. The number of para-hydroxylation sites is 1. The molecule has 0 unspecified atom stereocenters. The first kappa shape index (κ1) is 17.0. The molecule has 1 saturated heterocycles. The molecule has 5 nitrogen and oxygen atoms in total. The minimum absolute atomic E-state index is 0.0620. The van der Waals surface area contributed by atoms with Gasteiger partial charge in [0.05, 0.1) is 18.2 Å². The van der Waals surface area contributed by atoms with Crippen molar-refractivity contribution in [2.24, 2.45) is 0 Å². The Bertz CT molecular complexity index is 786. The van der Waals surface area contributed by atoms with Crippen molar-refractivity contribution in [2.45, 2.75) is 0 Å². The molecule has 25 heavy (non-hydrogen) atoms. The van der Waals surface area contributed by atoms with Gasteiger partial charge in [-0.25, -0.2) is 4.39 Å². The number of halogens is 1. The number of carbonyl (C=O) groups is 2. The Labute approximate surface area is 145 Å². The fraction of sp³-hybridized carbons (Fsp3) is 0.263. The van der Waals surface area contributed by atoms with Gasteiger partial charge in [-0.3, -0.25) is 9.59 Å². The Kier molecular flexibility index (Phi) is 4.97. The highest BCUT2D eigenvalue weighted by molar-refractivity contribution is 5.97. The highest BCUT2D eigenvalue weighted by atomic mass is 19.1. The third kappa shape index (κ3) is 3.47. The second-order valence-electron chi connectivity index (χ2n) is 5.76. The number of nitrogens with zero attached hydrogens (tertiary/aromatic N) is 2. The van der Waals surface area contributed by atoms with Crippen molar-refractivity contribution in [3.63, 3.8) is 0 Å². The SMILES string of the molecule is COc1ccccc1C(=O)N1CCN(C(=O)c2ccccc2F)CC1. The van der Waals surface area contributed by atoms with E-state index in [2.05, 4.69) is 0 Å². The maximum absolute atomic E-state index is 13.8. The molecule has 0 radical (unpaired) electrons. The fourth-order valence-corrected chi connectivity index (χ4v) is 2.91. The van der Waals surface area contributed by atoms with Gasteiger partial charge in [-0.05, 0) is 24.3 Å². The number of carbonyl (C=O) groups excluding carboxylic acids is 2. The summed E-state index contributed by atoms with van der Waals surface area (Å²) in [6.07, 6.45) is 0. The monoisotopic (exact) mass is 342 g/mol. The van der Waals surface area contributed by atoms with Crippen LogP contribution in [0.3, 0.4) is 0 Å². The molecule has 1 heterocycles. The van der Waals surface area contributed by atoms with Gasteiger partial charge in [0, 0.05) is 26.2 Å². The Morgan fingerprint density at radius 2 is 1.32 bits per heavy atom. The van der Waals surface area contributed by atoms with Crippen molar-refractivity contribution in [2.75, 3.05) is 33.3 Å². The molecule has 0 bridgehead atoms.